The number of nitrogens with zero attached hydrogens (tertiary/aromatic N) is 1. The number of nitrogens with one attached hydrogen (secondary N) is 1. The summed E-state index contributed by atoms with van der Waals surface area (Å²) in [6.07, 6.45) is 2.79. The highest BCUT2D eigenvalue weighted by Gasteiger charge is 2.18. The van der Waals surface area contributed by atoms with Crippen molar-refractivity contribution in [3.05, 3.63) is 58.7 Å². The first kappa shape index (κ1) is 14.8. The van der Waals surface area contributed by atoms with E-state index in [9.17, 15) is 0 Å². The molecule has 106 valence electrons. The molecule has 2 rings (SSSR count). The molecule has 0 spiro atoms. The number of pyridine rings is 1. The predicted octanol–water partition coefficient (Wildman–Crippen LogP) is 3.83. The van der Waals surface area contributed by atoms with Crippen LogP contribution in [0.25, 0.3) is 0 Å². The van der Waals surface area contributed by atoms with Crippen LogP contribution in [0.15, 0.2) is 42.6 Å². The Labute approximate surface area is 124 Å². The van der Waals surface area contributed by atoms with Crippen LogP contribution >= 0.6 is 11.6 Å². The molecule has 0 aliphatic heterocycles. The summed E-state index contributed by atoms with van der Waals surface area (Å²) >= 11 is 6.11. The molecule has 0 aliphatic rings. The molecule has 0 amide bonds. The first-order valence-corrected chi connectivity index (χ1v) is 7.11. The first-order chi connectivity index (χ1) is 9.76. The molecular weight excluding hydrogens is 272 g/mol. The molecule has 2 aromatic rings. The fourth-order valence-corrected chi connectivity index (χ4v) is 2.37. The van der Waals surface area contributed by atoms with E-state index in [1.54, 1.807) is 13.3 Å². The summed E-state index contributed by atoms with van der Waals surface area (Å²) in [5.41, 5.74) is 2.13. The van der Waals surface area contributed by atoms with Crippen molar-refractivity contribution in [3.8, 4) is 5.88 Å². The molecule has 0 saturated heterocycles. The van der Waals surface area contributed by atoms with Crippen molar-refractivity contribution in [1.29, 1.82) is 0 Å². The van der Waals surface area contributed by atoms with Crippen LogP contribution in [-0.4, -0.2) is 18.6 Å². The Hall–Kier alpha value is -1.58. The lowest BCUT2D eigenvalue weighted by Crippen LogP contribution is -2.24. The van der Waals surface area contributed by atoms with Gasteiger partial charge in [0.25, 0.3) is 0 Å². The normalized spacial score (nSPS) is 12.2. The van der Waals surface area contributed by atoms with Crippen LogP contribution in [0.5, 0.6) is 5.88 Å². The highest BCUT2D eigenvalue weighted by Crippen LogP contribution is 2.29. The average Bonchev–Trinajstić information content (AvgIpc) is 2.48. The zero-order chi connectivity index (χ0) is 14.4. The minimum atomic E-state index is 0.0253. The van der Waals surface area contributed by atoms with Crippen LogP contribution in [0.4, 0.5) is 0 Å². The Balaban J connectivity index is 2.41. The van der Waals surface area contributed by atoms with Gasteiger partial charge in [-0.2, -0.15) is 0 Å². The monoisotopic (exact) mass is 290 g/mol. The second-order valence-corrected chi connectivity index (χ2v) is 4.98. The summed E-state index contributed by atoms with van der Waals surface area (Å²) in [6.45, 7) is 3.05. The molecule has 0 bridgehead atoms. The summed E-state index contributed by atoms with van der Waals surface area (Å²) < 4.78 is 5.37. The van der Waals surface area contributed by atoms with Gasteiger partial charge in [-0.3, -0.25) is 0 Å². The van der Waals surface area contributed by atoms with Crippen LogP contribution in [0.2, 0.25) is 5.02 Å². The van der Waals surface area contributed by atoms with E-state index in [4.69, 9.17) is 16.3 Å². The number of aromatic nitrogens is 1. The van der Waals surface area contributed by atoms with Gasteiger partial charge in [0.1, 0.15) is 0 Å². The second-order valence-electron chi connectivity index (χ2n) is 4.54. The Morgan fingerprint density at radius 1 is 1.30 bits per heavy atom. The number of methoxy groups -OCH3 is 1. The van der Waals surface area contributed by atoms with E-state index in [1.807, 2.05) is 30.3 Å². The van der Waals surface area contributed by atoms with E-state index in [2.05, 4.69) is 23.3 Å². The highest BCUT2D eigenvalue weighted by molar-refractivity contribution is 6.30. The first-order valence-electron chi connectivity index (χ1n) is 6.74. The lowest BCUT2D eigenvalue weighted by Gasteiger charge is -2.21. The lowest BCUT2D eigenvalue weighted by atomic mass is 9.99. The van der Waals surface area contributed by atoms with Crippen molar-refractivity contribution < 1.29 is 4.74 Å². The van der Waals surface area contributed by atoms with Crippen LogP contribution in [0.1, 0.15) is 30.5 Å². The molecule has 20 heavy (non-hydrogen) atoms. The zero-order valence-electron chi connectivity index (χ0n) is 11.8. The summed E-state index contributed by atoms with van der Waals surface area (Å²) in [5, 5.41) is 4.26. The summed E-state index contributed by atoms with van der Waals surface area (Å²) in [4.78, 5) is 4.28. The van der Waals surface area contributed by atoms with Crippen LogP contribution < -0.4 is 10.1 Å². The van der Waals surface area contributed by atoms with Crippen molar-refractivity contribution in [2.24, 2.45) is 0 Å². The van der Waals surface area contributed by atoms with Crippen LogP contribution in [0.3, 0.4) is 0 Å². The highest BCUT2D eigenvalue weighted by atomic mass is 35.5. The predicted molar refractivity (Wildman–Crippen MR) is 82.4 cm³/mol. The molecule has 0 saturated carbocycles. The molecule has 1 unspecified atom stereocenters. The standard InChI is InChI=1S/C16H19ClN2O/c1-3-9-18-15(12-6-4-7-13(17)11-12)14-8-5-10-19-16(14)20-2/h4-8,10-11,15,18H,3,9H2,1-2H3. The quantitative estimate of drug-likeness (QED) is 0.878. The van der Waals surface area contributed by atoms with E-state index in [0.717, 1.165) is 29.1 Å². The van der Waals surface area contributed by atoms with Crippen molar-refractivity contribution in [2.75, 3.05) is 13.7 Å². The Morgan fingerprint density at radius 3 is 2.85 bits per heavy atom. The van der Waals surface area contributed by atoms with Gasteiger partial charge in [-0.15, -0.1) is 0 Å². The maximum Gasteiger partial charge on any atom is 0.218 e. The Morgan fingerprint density at radius 2 is 2.15 bits per heavy atom. The van der Waals surface area contributed by atoms with E-state index in [1.165, 1.54) is 0 Å². The third kappa shape index (κ3) is 3.50. The van der Waals surface area contributed by atoms with E-state index < -0.39 is 0 Å². The summed E-state index contributed by atoms with van der Waals surface area (Å²) in [7, 11) is 1.64. The number of hydrogen-bond acceptors (Lipinski definition) is 3. The minimum absolute atomic E-state index is 0.0253. The molecule has 3 nitrogen and oxygen atoms in total. The molecule has 0 fully saturated rings. The molecule has 0 aliphatic carbocycles. The Kier molecular flexibility index (Phi) is 5.39. The fourth-order valence-electron chi connectivity index (χ4n) is 2.18. The van der Waals surface area contributed by atoms with Crippen LogP contribution in [-0.2, 0) is 0 Å². The SMILES string of the molecule is CCCNC(c1cccc(Cl)c1)c1cccnc1OC. The van der Waals surface area contributed by atoms with Gasteiger partial charge in [0.05, 0.1) is 13.2 Å². The lowest BCUT2D eigenvalue weighted by molar-refractivity contribution is 0.387. The van der Waals surface area contributed by atoms with E-state index >= 15 is 0 Å². The third-order valence-corrected chi connectivity index (χ3v) is 3.32. The van der Waals surface area contributed by atoms with Gasteiger partial charge in [-0.05, 0) is 36.7 Å². The number of halogens is 1. The van der Waals surface area contributed by atoms with Gasteiger partial charge < -0.3 is 10.1 Å². The molecule has 4 heteroatoms. The van der Waals surface area contributed by atoms with E-state index in [-0.39, 0.29) is 6.04 Å². The van der Waals surface area contributed by atoms with Crippen molar-refractivity contribution >= 4 is 11.6 Å². The molecular formula is C16H19ClN2O. The van der Waals surface area contributed by atoms with Gasteiger partial charge in [-0.1, -0.05) is 36.7 Å². The molecule has 0 radical (unpaired) electrons. The van der Waals surface area contributed by atoms with Gasteiger partial charge in [0.2, 0.25) is 5.88 Å². The largest absolute Gasteiger partial charge is 0.481 e. The molecule has 1 aromatic heterocycles. The van der Waals surface area contributed by atoms with Gasteiger partial charge in [-0.25, -0.2) is 4.98 Å². The van der Waals surface area contributed by atoms with Crippen molar-refractivity contribution in [3.63, 3.8) is 0 Å². The van der Waals surface area contributed by atoms with Gasteiger partial charge in [0.15, 0.2) is 0 Å². The molecule has 1 N–H and O–H groups in total. The van der Waals surface area contributed by atoms with Crippen molar-refractivity contribution in [1.82, 2.24) is 10.3 Å². The summed E-state index contributed by atoms with van der Waals surface area (Å²) in [6, 6.07) is 11.8. The maximum absolute atomic E-state index is 6.11. The van der Waals surface area contributed by atoms with Gasteiger partial charge in [0, 0.05) is 16.8 Å². The van der Waals surface area contributed by atoms with Gasteiger partial charge >= 0.3 is 0 Å². The second kappa shape index (κ2) is 7.27. The molecule has 1 atom stereocenters. The van der Waals surface area contributed by atoms with Crippen molar-refractivity contribution in [2.45, 2.75) is 19.4 Å². The average molecular weight is 291 g/mol. The number of ether oxygens (including phenoxy) is 1. The maximum atomic E-state index is 6.11. The van der Waals surface area contributed by atoms with E-state index in [0.29, 0.717) is 5.88 Å². The topological polar surface area (TPSA) is 34.2 Å². The molecule has 1 aromatic carbocycles. The number of benzene rings is 1. The zero-order valence-corrected chi connectivity index (χ0v) is 12.5. The smallest absolute Gasteiger partial charge is 0.218 e. The van der Waals surface area contributed by atoms with Crippen LogP contribution in [0, 0.1) is 0 Å². The fraction of sp³-hybridized carbons (Fsp3) is 0.312. The third-order valence-electron chi connectivity index (χ3n) is 3.09. The Bertz CT molecular complexity index is 560. The number of rotatable bonds is 6. The molecule has 1 heterocycles. The number of hydrogen-bond donors (Lipinski definition) is 1. The minimum Gasteiger partial charge on any atom is -0.481 e. The summed E-state index contributed by atoms with van der Waals surface area (Å²) in [5.74, 6) is 0.640.